The molecule has 0 amide bonds. The van der Waals surface area contributed by atoms with E-state index in [0.29, 0.717) is 6.54 Å². The van der Waals surface area contributed by atoms with E-state index in [2.05, 4.69) is 46.5 Å². The molecule has 1 aromatic heterocycles. The normalized spacial score (nSPS) is 10.8. The van der Waals surface area contributed by atoms with Gasteiger partial charge in [-0.15, -0.1) is 30.6 Å². The van der Waals surface area contributed by atoms with Gasteiger partial charge in [0.15, 0.2) is 5.96 Å². The molecule has 2 aromatic rings. The van der Waals surface area contributed by atoms with E-state index in [1.165, 1.54) is 5.56 Å². The molecule has 130 valence electrons. The van der Waals surface area contributed by atoms with E-state index >= 15 is 0 Å². The molecule has 0 bridgehead atoms. The van der Waals surface area contributed by atoms with Crippen molar-refractivity contribution in [3.63, 3.8) is 0 Å². The van der Waals surface area contributed by atoms with Gasteiger partial charge in [0.1, 0.15) is 5.76 Å². The van der Waals surface area contributed by atoms with Gasteiger partial charge < -0.3 is 15.1 Å². The third kappa shape index (κ3) is 8.19. The molecular weight excluding hydrogens is 413 g/mol. The Balaban J connectivity index is 0.00000288. The van der Waals surface area contributed by atoms with Gasteiger partial charge in [-0.2, -0.15) is 0 Å². The topological polar surface area (TPSA) is 49.6 Å². The van der Waals surface area contributed by atoms with E-state index in [0.717, 1.165) is 44.1 Å². The van der Waals surface area contributed by atoms with Gasteiger partial charge in [0.2, 0.25) is 0 Å². The lowest BCUT2D eigenvalue weighted by Crippen LogP contribution is -2.38. The highest BCUT2D eigenvalue weighted by atomic mass is 127. The summed E-state index contributed by atoms with van der Waals surface area (Å²) in [6.07, 6.45) is 6.44. The second-order valence-electron chi connectivity index (χ2n) is 5.25. The van der Waals surface area contributed by atoms with Crippen LogP contribution < -0.4 is 10.6 Å². The van der Waals surface area contributed by atoms with Crippen LogP contribution in [0.5, 0.6) is 0 Å². The number of nitrogens with zero attached hydrogens (tertiary/aromatic N) is 1. The molecule has 1 heterocycles. The van der Waals surface area contributed by atoms with Gasteiger partial charge in [-0.25, -0.2) is 0 Å². The van der Waals surface area contributed by atoms with Gasteiger partial charge in [-0.3, -0.25) is 4.99 Å². The molecule has 0 aliphatic rings. The Bertz CT molecular complexity index is 582. The summed E-state index contributed by atoms with van der Waals surface area (Å²) in [5.74, 6) is 1.80. The summed E-state index contributed by atoms with van der Waals surface area (Å²) in [7, 11) is 0. The molecule has 4 nitrogen and oxygen atoms in total. The monoisotopic (exact) mass is 439 g/mol. The van der Waals surface area contributed by atoms with Crippen molar-refractivity contribution in [2.24, 2.45) is 4.99 Å². The second-order valence-corrected chi connectivity index (χ2v) is 5.25. The zero-order valence-corrected chi connectivity index (χ0v) is 16.2. The number of rotatable bonds is 9. The molecule has 0 spiro atoms. The maximum atomic E-state index is 5.33. The molecule has 5 heteroatoms. The largest absolute Gasteiger partial charge is 0.469 e. The third-order valence-corrected chi connectivity index (χ3v) is 3.39. The van der Waals surface area contributed by atoms with Crippen LogP contribution in [-0.2, 0) is 12.8 Å². The smallest absolute Gasteiger partial charge is 0.191 e. The predicted octanol–water partition coefficient (Wildman–Crippen LogP) is 3.79. The second kappa shape index (κ2) is 12.6. The van der Waals surface area contributed by atoms with E-state index in [1.807, 2.05) is 24.3 Å². The van der Waals surface area contributed by atoms with Crippen molar-refractivity contribution in [1.29, 1.82) is 0 Å². The Morgan fingerprint density at radius 1 is 1.08 bits per heavy atom. The first-order chi connectivity index (χ1) is 11.4. The minimum Gasteiger partial charge on any atom is -0.469 e. The summed E-state index contributed by atoms with van der Waals surface area (Å²) >= 11 is 0. The van der Waals surface area contributed by atoms with Crippen LogP contribution in [0.1, 0.15) is 17.7 Å². The predicted molar refractivity (Wildman–Crippen MR) is 111 cm³/mol. The Morgan fingerprint density at radius 2 is 1.92 bits per heavy atom. The fraction of sp³-hybridized carbons (Fsp3) is 0.316. The lowest BCUT2D eigenvalue weighted by Gasteiger charge is -2.10. The van der Waals surface area contributed by atoms with E-state index in [-0.39, 0.29) is 24.0 Å². The van der Waals surface area contributed by atoms with Gasteiger partial charge in [-0.05, 0) is 30.5 Å². The maximum Gasteiger partial charge on any atom is 0.191 e. The van der Waals surface area contributed by atoms with Crippen LogP contribution >= 0.6 is 24.0 Å². The quantitative estimate of drug-likeness (QED) is 0.206. The standard InChI is InChI=1S/C19H25N3O.HI/c1-2-13-20-19(22-15-12-18-11-7-16-23-18)21-14-6-10-17-8-4-3-5-9-17;/h2-5,7-9,11,16H,1,6,10,12-15H2,(H2,20,21,22);1H. The SMILES string of the molecule is C=CCNC(=NCCCc1ccccc1)NCCc1ccco1.I. The van der Waals surface area contributed by atoms with E-state index in [1.54, 1.807) is 6.26 Å². The van der Waals surface area contributed by atoms with Crippen molar-refractivity contribution in [1.82, 2.24) is 10.6 Å². The first-order valence-electron chi connectivity index (χ1n) is 8.08. The van der Waals surface area contributed by atoms with Crippen molar-refractivity contribution in [3.05, 3.63) is 72.7 Å². The average molecular weight is 439 g/mol. The fourth-order valence-corrected chi connectivity index (χ4v) is 2.22. The molecule has 0 unspecified atom stereocenters. The molecule has 0 saturated heterocycles. The molecule has 0 aliphatic carbocycles. The minimum atomic E-state index is 0. The number of furan rings is 1. The first-order valence-corrected chi connectivity index (χ1v) is 8.08. The van der Waals surface area contributed by atoms with Crippen LogP contribution in [0, 0.1) is 0 Å². The Hall–Kier alpha value is -1.76. The highest BCUT2D eigenvalue weighted by molar-refractivity contribution is 14.0. The van der Waals surface area contributed by atoms with Gasteiger partial charge >= 0.3 is 0 Å². The highest BCUT2D eigenvalue weighted by Gasteiger charge is 1.99. The number of benzene rings is 1. The number of halogens is 1. The highest BCUT2D eigenvalue weighted by Crippen LogP contribution is 2.02. The van der Waals surface area contributed by atoms with E-state index < -0.39 is 0 Å². The zero-order valence-electron chi connectivity index (χ0n) is 13.9. The van der Waals surface area contributed by atoms with Crippen molar-refractivity contribution in [2.45, 2.75) is 19.3 Å². The van der Waals surface area contributed by atoms with Crippen LogP contribution in [0.15, 0.2) is 70.8 Å². The summed E-state index contributed by atoms with van der Waals surface area (Å²) in [5, 5.41) is 6.56. The van der Waals surface area contributed by atoms with Gasteiger partial charge in [0.25, 0.3) is 0 Å². The van der Waals surface area contributed by atoms with Crippen molar-refractivity contribution in [2.75, 3.05) is 19.6 Å². The average Bonchev–Trinajstić information content (AvgIpc) is 3.10. The molecule has 2 rings (SSSR count). The molecule has 0 atom stereocenters. The summed E-state index contributed by atoms with van der Waals surface area (Å²) < 4.78 is 5.33. The van der Waals surface area contributed by atoms with Crippen LogP contribution in [-0.4, -0.2) is 25.6 Å². The number of aliphatic imine (C=N–C) groups is 1. The van der Waals surface area contributed by atoms with Gasteiger partial charge in [0.05, 0.1) is 6.26 Å². The van der Waals surface area contributed by atoms with Crippen LogP contribution in [0.25, 0.3) is 0 Å². The van der Waals surface area contributed by atoms with Crippen molar-refractivity contribution >= 4 is 29.9 Å². The lowest BCUT2D eigenvalue weighted by molar-refractivity contribution is 0.507. The van der Waals surface area contributed by atoms with Crippen molar-refractivity contribution < 1.29 is 4.42 Å². The lowest BCUT2D eigenvalue weighted by atomic mass is 10.1. The summed E-state index contributed by atoms with van der Waals surface area (Å²) in [4.78, 5) is 4.61. The Labute approximate surface area is 161 Å². The summed E-state index contributed by atoms with van der Waals surface area (Å²) in [5.41, 5.74) is 1.36. The first kappa shape index (κ1) is 20.3. The summed E-state index contributed by atoms with van der Waals surface area (Å²) in [6, 6.07) is 14.4. The van der Waals surface area contributed by atoms with Crippen LogP contribution in [0.2, 0.25) is 0 Å². The molecule has 0 fully saturated rings. The van der Waals surface area contributed by atoms with E-state index in [4.69, 9.17) is 4.42 Å². The van der Waals surface area contributed by atoms with E-state index in [9.17, 15) is 0 Å². The Morgan fingerprint density at radius 3 is 2.62 bits per heavy atom. The maximum absolute atomic E-state index is 5.33. The van der Waals surface area contributed by atoms with Crippen molar-refractivity contribution in [3.8, 4) is 0 Å². The number of nitrogens with one attached hydrogen (secondary N) is 2. The molecule has 0 radical (unpaired) electrons. The minimum absolute atomic E-state index is 0. The number of guanidine groups is 1. The molecule has 2 N–H and O–H groups in total. The Kier molecular flexibility index (Phi) is 10.7. The fourth-order valence-electron chi connectivity index (χ4n) is 2.22. The molecule has 0 saturated carbocycles. The molecule has 0 aliphatic heterocycles. The molecule has 24 heavy (non-hydrogen) atoms. The van der Waals surface area contributed by atoms with Crippen LogP contribution in [0.4, 0.5) is 0 Å². The van der Waals surface area contributed by atoms with Gasteiger partial charge in [0, 0.05) is 26.1 Å². The number of hydrogen-bond donors (Lipinski definition) is 2. The zero-order chi connectivity index (χ0) is 16.2. The van der Waals surface area contributed by atoms with Crippen LogP contribution in [0.3, 0.4) is 0 Å². The number of hydrogen-bond acceptors (Lipinski definition) is 2. The third-order valence-electron chi connectivity index (χ3n) is 3.39. The molecule has 1 aromatic carbocycles. The molecular formula is C19H26IN3O. The summed E-state index contributed by atoms with van der Waals surface area (Å²) in [6.45, 7) is 6.01. The number of aryl methyl sites for hydroxylation is 1. The van der Waals surface area contributed by atoms with Gasteiger partial charge in [-0.1, -0.05) is 36.4 Å².